The quantitative estimate of drug-likeness (QED) is 0.886. The molecule has 1 aliphatic carbocycles. The first-order chi connectivity index (χ1) is 7.87. The highest BCUT2D eigenvalue weighted by molar-refractivity contribution is 7.07. The summed E-state index contributed by atoms with van der Waals surface area (Å²) in [7, 11) is 0. The average molecular weight is 275 g/mol. The molecule has 0 saturated heterocycles. The van der Waals surface area contributed by atoms with Crippen LogP contribution in [0, 0.1) is 0 Å². The van der Waals surface area contributed by atoms with Gasteiger partial charge in [-0.2, -0.15) is 4.37 Å². The first-order valence-corrected chi connectivity index (χ1v) is 6.67. The average Bonchev–Trinajstić information content (AvgIpc) is 2.92. The van der Waals surface area contributed by atoms with Gasteiger partial charge in [0.25, 0.3) is 0 Å². The lowest BCUT2D eigenvalue weighted by molar-refractivity contribution is 0.0635. The normalized spacial score (nSPS) is 15.8. The molecule has 1 aromatic heterocycles. The van der Waals surface area contributed by atoms with E-state index in [1.54, 1.807) is 0 Å². The van der Waals surface area contributed by atoms with E-state index in [1.165, 1.54) is 11.5 Å². The monoisotopic (exact) mass is 274 g/mol. The van der Waals surface area contributed by atoms with Gasteiger partial charge in [-0.15, -0.1) is 0 Å². The Morgan fingerprint density at radius 2 is 2.18 bits per heavy atom. The molecule has 6 heteroatoms. The molecule has 94 valence electrons. The minimum Gasteiger partial charge on any atom is -0.444 e. The van der Waals surface area contributed by atoms with E-state index < -0.39 is 11.7 Å². The Bertz CT molecular complexity index is 435. The highest BCUT2D eigenvalue weighted by Gasteiger charge is 2.30. The predicted octanol–water partition coefficient (Wildman–Crippen LogP) is 4.02. The number of nitrogens with zero attached hydrogens (tertiary/aromatic N) is 1. The molecule has 0 aliphatic heterocycles. The van der Waals surface area contributed by atoms with Crippen LogP contribution in [0.3, 0.4) is 0 Å². The van der Waals surface area contributed by atoms with Crippen LogP contribution >= 0.6 is 23.1 Å². The fourth-order valence-electron chi connectivity index (χ4n) is 1.37. The van der Waals surface area contributed by atoms with Crippen LogP contribution in [0.2, 0.25) is 5.02 Å². The second-order valence-electron chi connectivity index (χ2n) is 5.11. The number of carbonyl (C=O) groups is 1. The Kier molecular flexibility index (Phi) is 3.32. The number of aromatic nitrogens is 1. The summed E-state index contributed by atoms with van der Waals surface area (Å²) in [4.78, 5) is 12.6. The molecule has 1 N–H and O–H groups in total. The van der Waals surface area contributed by atoms with Crippen molar-refractivity contribution < 1.29 is 9.53 Å². The lowest BCUT2D eigenvalue weighted by Crippen LogP contribution is -2.27. The van der Waals surface area contributed by atoms with Crippen LogP contribution in [0.5, 0.6) is 0 Å². The maximum atomic E-state index is 11.5. The molecule has 0 unspecified atom stereocenters. The summed E-state index contributed by atoms with van der Waals surface area (Å²) >= 11 is 7.51. The van der Waals surface area contributed by atoms with Gasteiger partial charge in [-0.25, -0.2) is 4.79 Å². The van der Waals surface area contributed by atoms with Crippen molar-refractivity contribution in [2.75, 3.05) is 5.32 Å². The van der Waals surface area contributed by atoms with Gasteiger partial charge in [0.2, 0.25) is 0 Å². The third-order valence-electron chi connectivity index (χ3n) is 2.23. The Hall–Kier alpha value is -0.810. The summed E-state index contributed by atoms with van der Waals surface area (Å²) in [6.07, 6.45) is 1.80. The fourth-order valence-corrected chi connectivity index (χ4v) is 2.65. The molecule has 0 radical (unpaired) electrons. The van der Waals surface area contributed by atoms with Gasteiger partial charge in [0.15, 0.2) is 5.82 Å². The number of nitrogens with one attached hydrogen (secondary N) is 1. The Morgan fingerprint density at radius 1 is 1.53 bits per heavy atom. The van der Waals surface area contributed by atoms with Crippen molar-refractivity contribution in [2.45, 2.75) is 45.1 Å². The molecule has 1 fully saturated rings. The summed E-state index contributed by atoms with van der Waals surface area (Å²) in [6, 6.07) is 0. The molecular weight excluding hydrogens is 260 g/mol. The lowest BCUT2D eigenvalue weighted by atomic mass is 10.2. The maximum absolute atomic E-state index is 11.5. The molecule has 1 aliphatic rings. The number of ether oxygens (including phenoxy) is 1. The first-order valence-electron chi connectivity index (χ1n) is 5.52. The zero-order valence-corrected chi connectivity index (χ0v) is 11.6. The third kappa shape index (κ3) is 3.33. The number of anilines is 1. The van der Waals surface area contributed by atoms with Crippen molar-refractivity contribution in [2.24, 2.45) is 0 Å². The van der Waals surface area contributed by atoms with Crippen LogP contribution in [-0.2, 0) is 4.74 Å². The first kappa shape index (κ1) is 12.6. The van der Waals surface area contributed by atoms with Crippen LogP contribution in [0.1, 0.15) is 44.4 Å². The van der Waals surface area contributed by atoms with Gasteiger partial charge in [-0.05, 0) is 51.1 Å². The summed E-state index contributed by atoms with van der Waals surface area (Å²) in [5.74, 6) is 0.946. The van der Waals surface area contributed by atoms with E-state index >= 15 is 0 Å². The minimum absolute atomic E-state index is 0.410. The summed E-state index contributed by atoms with van der Waals surface area (Å²) in [5.41, 5.74) is -0.522. The molecule has 1 heterocycles. The van der Waals surface area contributed by atoms with Crippen LogP contribution in [0.25, 0.3) is 0 Å². The van der Waals surface area contributed by atoms with Crippen molar-refractivity contribution >= 4 is 35.0 Å². The van der Waals surface area contributed by atoms with Gasteiger partial charge >= 0.3 is 6.09 Å². The van der Waals surface area contributed by atoms with Gasteiger partial charge in [0.05, 0.1) is 5.02 Å². The summed E-state index contributed by atoms with van der Waals surface area (Å²) < 4.78 is 9.28. The van der Waals surface area contributed by atoms with E-state index in [4.69, 9.17) is 16.3 Å². The zero-order valence-electron chi connectivity index (χ0n) is 10.0. The van der Waals surface area contributed by atoms with Crippen LogP contribution in [0.4, 0.5) is 10.6 Å². The Morgan fingerprint density at radius 3 is 2.71 bits per heavy atom. The number of rotatable bonds is 2. The van der Waals surface area contributed by atoms with Gasteiger partial charge in [-0.1, -0.05) is 11.6 Å². The molecule has 1 amide bonds. The van der Waals surface area contributed by atoms with Crippen LogP contribution in [0.15, 0.2) is 0 Å². The number of amides is 1. The van der Waals surface area contributed by atoms with Crippen molar-refractivity contribution in [1.29, 1.82) is 0 Å². The fraction of sp³-hybridized carbons (Fsp3) is 0.636. The van der Waals surface area contributed by atoms with E-state index in [0.717, 1.165) is 17.7 Å². The van der Waals surface area contributed by atoms with Crippen LogP contribution in [-0.4, -0.2) is 16.1 Å². The van der Waals surface area contributed by atoms with Crippen molar-refractivity contribution in [1.82, 2.24) is 4.37 Å². The third-order valence-corrected chi connectivity index (χ3v) is 3.73. The maximum Gasteiger partial charge on any atom is 0.413 e. The van der Waals surface area contributed by atoms with Crippen LogP contribution < -0.4 is 5.32 Å². The standard InChI is InChI=1S/C11H15ClN2O2S/c1-11(2,3)16-10(15)13-9-7(12)8(17-14-9)6-4-5-6/h6H,4-5H2,1-3H3,(H,13,14,15). The van der Waals surface area contributed by atoms with E-state index in [-0.39, 0.29) is 0 Å². The molecule has 1 saturated carbocycles. The predicted molar refractivity (Wildman–Crippen MR) is 69.0 cm³/mol. The number of hydrogen-bond acceptors (Lipinski definition) is 4. The number of hydrogen-bond donors (Lipinski definition) is 1. The van der Waals surface area contributed by atoms with E-state index in [1.807, 2.05) is 20.8 Å². The second-order valence-corrected chi connectivity index (χ2v) is 6.29. The zero-order chi connectivity index (χ0) is 12.6. The lowest BCUT2D eigenvalue weighted by Gasteiger charge is -2.19. The second kappa shape index (κ2) is 4.46. The topological polar surface area (TPSA) is 51.2 Å². The molecule has 0 spiro atoms. The van der Waals surface area contributed by atoms with Gasteiger partial charge < -0.3 is 4.74 Å². The van der Waals surface area contributed by atoms with Crippen molar-refractivity contribution in [3.8, 4) is 0 Å². The minimum atomic E-state index is -0.522. The van der Waals surface area contributed by atoms with Gasteiger partial charge in [0, 0.05) is 4.88 Å². The van der Waals surface area contributed by atoms with Crippen molar-refractivity contribution in [3.05, 3.63) is 9.90 Å². The van der Waals surface area contributed by atoms with E-state index in [2.05, 4.69) is 9.69 Å². The van der Waals surface area contributed by atoms with E-state index in [0.29, 0.717) is 16.8 Å². The van der Waals surface area contributed by atoms with Gasteiger partial charge in [-0.3, -0.25) is 5.32 Å². The molecule has 0 atom stereocenters. The molecule has 1 aromatic rings. The van der Waals surface area contributed by atoms with Crippen molar-refractivity contribution in [3.63, 3.8) is 0 Å². The number of carbonyl (C=O) groups excluding carboxylic acids is 1. The summed E-state index contributed by atoms with van der Waals surface area (Å²) in [6.45, 7) is 5.43. The molecular formula is C11H15ClN2O2S. The number of halogens is 1. The molecule has 4 nitrogen and oxygen atoms in total. The molecule has 0 aromatic carbocycles. The Balaban J connectivity index is 2.01. The van der Waals surface area contributed by atoms with Gasteiger partial charge in [0.1, 0.15) is 5.60 Å². The molecule has 0 bridgehead atoms. The largest absolute Gasteiger partial charge is 0.444 e. The SMILES string of the molecule is CC(C)(C)OC(=O)Nc1nsc(C2CC2)c1Cl. The highest BCUT2D eigenvalue weighted by Crippen LogP contribution is 2.47. The molecule has 17 heavy (non-hydrogen) atoms. The smallest absolute Gasteiger partial charge is 0.413 e. The van der Waals surface area contributed by atoms with E-state index in [9.17, 15) is 4.79 Å². The molecule has 2 rings (SSSR count). The summed E-state index contributed by atoms with van der Waals surface area (Å²) in [5, 5.41) is 3.13. The Labute approximate surface area is 109 Å². The highest BCUT2D eigenvalue weighted by atomic mass is 35.5.